The fourth-order valence-electron chi connectivity index (χ4n) is 3.50. The summed E-state index contributed by atoms with van der Waals surface area (Å²) in [5, 5.41) is 3.28. The van der Waals surface area contributed by atoms with Gasteiger partial charge >= 0.3 is 0 Å². The number of hydrogen-bond acceptors (Lipinski definition) is 2. The maximum atomic E-state index is 12.1. The lowest BCUT2D eigenvalue weighted by atomic mass is 9.89. The fourth-order valence-corrected chi connectivity index (χ4v) is 3.50. The summed E-state index contributed by atoms with van der Waals surface area (Å²) in [6.07, 6.45) is 7.01. The van der Waals surface area contributed by atoms with Crippen LogP contribution in [0.3, 0.4) is 0 Å². The molecule has 0 aromatic rings. The van der Waals surface area contributed by atoms with E-state index in [1.807, 2.05) is 0 Å². The van der Waals surface area contributed by atoms with E-state index in [1.165, 1.54) is 12.8 Å². The third-order valence-corrected chi connectivity index (χ3v) is 5.36. The normalized spacial score (nSPS) is 41.4. The summed E-state index contributed by atoms with van der Waals surface area (Å²) >= 11 is 0. The molecule has 18 heavy (non-hydrogen) atoms. The van der Waals surface area contributed by atoms with Crippen LogP contribution < -0.4 is 5.32 Å². The summed E-state index contributed by atoms with van der Waals surface area (Å²) in [4.78, 5) is 12.1. The summed E-state index contributed by atoms with van der Waals surface area (Å²) in [6.45, 7) is 5.28. The first-order valence-electron chi connectivity index (χ1n) is 7.62. The number of hydrogen-bond donors (Lipinski definition) is 1. The van der Waals surface area contributed by atoms with Crippen LogP contribution in [0.15, 0.2) is 0 Å². The van der Waals surface area contributed by atoms with Gasteiger partial charge in [0.05, 0.1) is 11.5 Å². The molecule has 3 rings (SSSR count). The number of rotatable bonds is 5. The van der Waals surface area contributed by atoms with Crippen molar-refractivity contribution in [2.24, 2.45) is 17.3 Å². The molecule has 2 atom stereocenters. The molecule has 0 aromatic carbocycles. The van der Waals surface area contributed by atoms with E-state index in [0.717, 1.165) is 38.2 Å². The van der Waals surface area contributed by atoms with Crippen LogP contribution in [0.2, 0.25) is 0 Å². The van der Waals surface area contributed by atoms with E-state index in [9.17, 15) is 4.79 Å². The Morgan fingerprint density at radius 1 is 1.39 bits per heavy atom. The van der Waals surface area contributed by atoms with Crippen molar-refractivity contribution in [2.75, 3.05) is 6.61 Å². The Morgan fingerprint density at radius 2 is 2.06 bits per heavy atom. The predicted octanol–water partition coefficient (Wildman–Crippen LogP) is 2.50. The van der Waals surface area contributed by atoms with Crippen molar-refractivity contribution in [3.05, 3.63) is 0 Å². The van der Waals surface area contributed by atoms with Gasteiger partial charge in [-0.2, -0.15) is 0 Å². The minimum absolute atomic E-state index is 0.114. The van der Waals surface area contributed by atoms with Crippen molar-refractivity contribution >= 4 is 5.91 Å². The molecule has 2 saturated carbocycles. The van der Waals surface area contributed by atoms with Crippen LogP contribution in [0, 0.1) is 17.3 Å². The molecule has 3 fully saturated rings. The molecule has 1 heterocycles. The van der Waals surface area contributed by atoms with Crippen LogP contribution in [0.4, 0.5) is 0 Å². The zero-order valence-corrected chi connectivity index (χ0v) is 11.6. The highest BCUT2D eigenvalue weighted by Crippen LogP contribution is 2.75. The van der Waals surface area contributed by atoms with E-state index in [2.05, 4.69) is 19.2 Å². The van der Waals surface area contributed by atoms with E-state index >= 15 is 0 Å². The molecule has 3 aliphatic rings. The third kappa shape index (κ3) is 2.07. The Kier molecular flexibility index (Phi) is 3.13. The molecule has 0 radical (unpaired) electrons. The standard InChI is InChI=1S/C15H25NO2/c1-3-10(4-2)13-7-12(5-6-18-13)16-14(17)15-8-11(15)9-15/h10-13H,3-9H2,1-2H3,(H,16,17). The highest BCUT2D eigenvalue weighted by Gasteiger charge is 2.74. The molecule has 0 bridgehead atoms. The molecule has 2 unspecified atom stereocenters. The van der Waals surface area contributed by atoms with Crippen molar-refractivity contribution in [1.82, 2.24) is 5.32 Å². The molecule has 0 spiro atoms. The summed E-state index contributed by atoms with van der Waals surface area (Å²) in [5.74, 6) is 1.73. The number of amides is 1. The molecule has 1 amide bonds. The summed E-state index contributed by atoms with van der Waals surface area (Å²) in [5.41, 5.74) is 0.114. The van der Waals surface area contributed by atoms with Gasteiger partial charge in [0.1, 0.15) is 0 Å². The number of carbonyl (C=O) groups is 1. The van der Waals surface area contributed by atoms with Gasteiger partial charge in [0, 0.05) is 12.6 Å². The van der Waals surface area contributed by atoms with Crippen LogP contribution in [-0.2, 0) is 9.53 Å². The minimum atomic E-state index is 0.114. The van der Waals surface area contributed by atoms with E-state index in [1.54, 1.807) is 0 Å². The van der Waals surface area contributed by atoms with Gasteiger partial charge in [0.25, 0.3) is 0 Å². The first kappa shape index (κ1) is 12.5. The smallest absolute Gasteiger partial charge is 0.226 e. The molecule has 0 aromatic heterocycles. The van der Waals surface area contributed by atoms with Crippen LogP contribution in [0.5, 0.6) is 0 Å². The number of fused-ring (bicyclic) bond motifs is 1. The highest BCUT2D eigenvalue weighted by molar-refractivity contribution is 5.90. The molecule has 1 aliphatic heterocycles. The highest BCUT2D eigenvalue weighted by atomic mass is 16.5. The second kappa shape index (κ2) is 4.52. The molecule has 3 nitrogen and oxygen atoms in total. The Hall–Kier alpha value is -0.570. The largest absolute Gasteiger partial charge is 0.378 e. The first-order chi connectivity index (χ1) is 8.69. The Morgan fingerprint density at radius 3 is 2.61 bits per heavy atom. The lowest BCUT2D eigenvalue weighted by molar-refractivity contribution is -0.126. The van der Waals surface area contributed by atoms with Crippen LogP contribution in [0.25, 0.3) is 0 Å². The van der Waals surface area contributed by atoms with Crippen molar-refractivity contribution in [3.8, 4) is 0 Å². The molecular weight excluding hydrogens is 226 g/mol. The van der Waals surface area contributed by atoms with E-state index < -0.39 is 0 Å². The number of ether oxygens (including phenoxy) is 1. The van der Waals surface area contributed by atoms with Crippen molar-refractivity contribution in [2.45, 2.75) is 64.5 Å². The van der Waals surface area contributed by atoms with Crippen LogP contribution >= 0.6 is 0 Å². The fraction of sp³-hybridized carbons (Fsp3) is 0.933. The minimum Gasteiger partial charge on any atom is -0.378 e. The lowest BCUT2D eigenvalue weighted by Gasteiger charge is -2.34. The second-order valence-corrected chi connectivity index (χ2v) is 6.44. The van der Waals surface area contributed by atoms with Gasteiger partial charge in [0.2, 0.25) is 5.91 Å². The van der Waals surface area contributed by atoms with Crippen LogP contribution in [-0.4, -0.2) is 24.7 Å². The number of carbonyl (C=O) groups excluding carboxylic acids is 1. The van der Waals surface area contributed by atoms with Crippen molar-refractivity contribution in [3.63, 3.8) is 0 Å². The van der Waals surface area contributed by atoms with Gasteiger partial charge in [-0.1, -0.05) is 26.7 Å². The van der Waals surface area contributed by atoms with E-state index in [4.69, 9.17) is 4.74 Å². The number of nitrogens with one attached hydrogen (secondary N) is 1. The topological polar surface area (TPSA) is 38.3 Å². The maximum Gasteiger partial charge on any atom is 0.226 e. The Balaban J connectivity index is 1.51. The van der Waals surface area contributed by atoms with Gasteiger partial charge in [-0.3, -0.25) is 4.79 Å². The van der Waals surface area contributed by atoms with Gasteiger partial charge in [-0.15, -0.1) is 0 Å². The first-order valence-corrected chi connectivity index (χ1v) is 7.62. The summed E-state index contributed by atoms with van der Waals surface area (Å²) < 4.78 is 5.89. The Bertz CT molecular complexity index is 331. The molecule has 1 saturated heterocycles. The quantitative estimate of drug-likeness (QED) is 0.815. The van der Waals surface area contributed by atoms with Gasteiger partial charge in [0.15, 0.2) is 0 Å². The van der Waals surface area contributed by atoms with E-state index in [-0.39, 0.29) is 5.41 Å². The average Bonchev–Trinajstić information content (AvgIpc) is 3.19. The van der Waals surface area contributed by atoms with Crippen LogP contribution in [0.1, 0.15) is 52.4 Å². The molecule has 2 aliphatic carbocycles. The van der Waals surface area contributed by atoms with Crippen molar-refractivity contribution < 1.29 is 9.53 Å². The van der Waals surface area contributed by atoms with Gasteiger partial charge < -0.3 is 10.1 Å². The Labute approximate surface area is 110 Å². The SMILES string of the molecule is CCC(CC)C1CC(NC(=O)C23CC2C3)CCO1. The summed E-state index contributed by atoms with van der Waals surface area (Å²) in [7, 11) is 0. The zero-order chi connectivity index (χ0) is 12.8. The molecule has 3 heteroatoms. The molecule has 1 N–H and O–H groups in total. The van der Waals surface area contributed by atoms with Gasteiger partial charge in [-0.25, -0.2) is 0 Å². The second-order valence-electron chi connectivity index (χ2n) is 6.44. The maximum absolute atomic E-state index is 12.1. The summed E-state index contributed by atoms with van der Waals surface area (Å²) in [6, 6.07) is 0.355. The van der Waals surface area contributed by atoms with E-state index in [0.29, 0.717) is 24.0 Å². The van der Waals surface area contributed by atoms with Crippen molar-refractivity contribution in [1.29, 1.82) is 0 Å². The molecule has 102 valence electrons. The van der Waals surface area contributed by atoms with Gasteiger partial charge in [-0.05, 0) is 37.5 Å². The lowest BCUT2D eigenvalue weighted by Crippen LogP contribution is -2.45. The zero-order valence-electron chi connectivity index (χ0n) is 11.6. The monoisotopic (exact) mass is 251 g/mol. The molecular formula is C15H25NO2. The third-order valence-electron chi connectivity index (χ3n) is 5.36. The predicted molar refractivity (Wildman–Crippen MR) is 70.1 cm³/mol. The average molecular weight is 251 g/mol.